The lowest BCUT2D eigenvalue weighted by Crippen LogP contribution is -2.63. The molecule has 0 spiro atoms. The Bertz CT molecular complexity index is 272. The highest BCUT2D eigenvalue weighted by atomic mass is 16.6. The second-order valence-corrected chi connectivity index (χ2v) is 4.42. The molecule has 0 aromatic carbocycles. The van der Waals surface area contributed by atoms with Crippen molar-refractivity contribution in [2.45, 2.75) is 56.8 Å². The molecule has 0 saturated carbocycles. The van der Waals surface area contributed by atoms with Gasteiger partial charge < -0.3 is 30.5 Å². The predicted octanol–water partition coefficient (Wildman–Crippen LogP) is -1.91. The van der Waals surface area contributed by atoms with E-state index in [0.717, 1.165) is 6.42 Å². The van der Waals surface area contributed by atoms with Crippen LogP contribution in [0.3, 0.4) is 0 Å². The summed E-state index contributed by atoms with van der Waals surface area (Å²) in [5.41, 5.74) is 0. The molecular weight excluding hydrogens is 242 g/mol. The molecule has 1 aliphatic rings. The first-order valence-electron chi connectivity index (χ1n) is 6.11. The molecule has 5 N–H and O–H groups in total. The normalized spacial score (nSPS) is 36.4. The maximum Gasteiger partial charge on any atom is 0.222 e. The maximum absolute atomic E-state index is 11.5. The zero-order valence-corrected chi connectivity index (χ0v) is 10.3. The van der Waals surface area contributed by atoms with E-state index < -0.39 is 37.3 Å². The molecule has 106 valence electrons. The number of rotatable bonds is 5. The van der Waals surface area contributed by atoms with E-state index in [0.29, 0.717) is 12.8 Å². The van der Waals surface area contributed by atoms with Crippen LogP contribution in [0.25, 0.3) is 0 Å². The molecule has 1 fully saturated rings. The summed E-state index contributed by atoms with van der Waals surface area (Å²) in [6.45, 7) is 1.44. The number of hydrogen-bond acceptors (Lipinski definition) is 6. The number of hydrogen-bond donors (Lipinski definition) is 5. The fourth-order valence-corrected chi connectivity index (χ4v) is 1.79. The van der Waals surface area contributed by atoms with Gasteiger partial charge in [-0.15, -0.1) is 0 Å². The van der Waals surface area contributed by atoms with E-state index in [1.165, 1.54) is 0 Å². The molecule has 1 amide bonds. The Morgan fingerprint density at radius 1 is 1.22 bits per heavy atom. The molecule has 1 aliphatic heterocycles. The van der Waals surface area contributed by atoms with Crippen molar-refractivity contribution in [1.82, 2.24) is 5.32 Å². The largest absolute Gasteiger partial charge is 0.394 e. The van der Waals surface area contributed by atoms with Crippen molar-refractivity contribution in [3.05, 3.63) is 0 Å². The molecule has 0 aromatic heterocycles. The highest BCUT2D eigenvalue weighted by molar-refractivity contribution is 5.76. The number of ether oxygens (including phenoxy) is 1. The molecule has 18 heavy (non-hydrogen) atoms. The summed E-state index contributed by atoms with van der Waals surface area (Å²) in [4.78, 5) is 11.5. The van der Waals surface area contributed by atoms with Crippen molar-refractivity contribution < 1.29 is 30.0 Å². The average Bonchev–Trinajstić information content (AvgIpc) is 2.37. The van der Waals surface area contributed by atoms with Crippen LogP contribution in [0.2, 0.25) is 0 Å². The summed E-state index contributed by atoms with van der Waals surface area (Å²) in [5, 5.41) is 40.1. The number of carbonyl (C=O) groups excluding carboxylic acids is 1. The average molecular weight is 263 g/mol. The van der Waals surface area contributed by atoms with Gasteiger partial charge in [0.15, 0.2) is 6.23 Å². The minimum absolute atomic E-state index is 0.297. The molecular formula is C11H21NO6. The van der Waals surface area contributed by atoms with Crippen LogP contribution < -0.4 is 5.32 Å². The Morgan fingerprint density at radius 3 is 2.44 bits per heavy atom. The maximum atomic E-state index is 11.5. The molecule has 0 radical (unpaired) electrons. The Labute approximate surface area is 105 Å². The van der Waals surface area contributed by atoms with Gasteiger partial charge in [0.25, 0.3) is 0 Å². The van der Waals surface area contributed by atoms with Crippen LogP contribution in [-0.2, 0) is 9.53 Å². The Kier molecular flexibility index (Phi) is 5.97. The number of aliphatic hydroxyl groups is 4. The third-order valence-corrected chi connectivity index (χ3v) is 2.95. The number of carbonyl (C=O) groups is 1. The first kappa shape index (κ1) is 15.3. The lowest BCUT2D eigenvalue weighted by atomic mass is 9.98. The second-order valence-electron chi connectivity index (χ2n) is 4.42. The molecule has 0 aliphatic carbocycles. The Hall–Kier alpha value is -0.730. The van der Waals surface area contributed by atoms with E-state index in [2.05, 4.69) is 5.32 Å². The van der Waals surface area contributed by atoms with Crippen LogP contribution in [0.5, 0.6) is 0 Å². The van der Waals surface area contributed by atoms with E-state index in [1.807, 2.05) is 6.92 Å². The minimum Gasteiger partial charge on any atom is -0.394 e. The summed E-state index contributed by atoms with van der Waals surface area (Å²) in [6, 6.07) is 0. The van der Waals surface area contributed by atoms with Crippen LogP contribution in [0.15, 0.2) is 0 Å². The van der Waals surface area contributed by atoms with Crippen molar-refractivity contribution in [1.29, 1.82) is 0 Å². The molecule has 5 atom stereocenters. The van der Waals surface area contributed by atoms with Gasteiger partial charge in [-0.3, -0.25) is 4.79 Å². The zero-order valence-electron chi connectivity index (χ0n) is 10.3. The third-order valence-electron chi connectivity index (χ3n) is 2.95. The second kappa shape index (κ2) is 7.01. The van der Waals surface area contributed by atoms with Gasteiger partial charge in [0.1, 0.15) is 24.4 Å². The van der Waals surface area contributed by atoms with Gasteiger partial charge in [-0.2, -0.15) is 0 Å². The molecule has 7 nitrogen and oxygen atoms in total. The monoisotopic (exact) mass is 263 g/mol. The first-order chi connectivity index (χ1) is 8.51. The van der Waals surface area contributed by atoms with Crippen LogP contribution >= 0.6 is 0 Å². The molecule has 1 saturated heterocycles. The zero-order chi connectivity index (χ0) is 13.7. The van der Waals surface area contributed by atoms with Crippen LogP contribution in [0, 0.1) is 0 Å². The minimum atomic E-state index is -1.47. The smallest absolute Gasteiger partial charge is 0.222 e. The van der Waals surface area contributed by atoms with Crippen LogP contribution in [0.4, 0.5) is 0 Å². The summed E-state index contributed by atoms with van der Waals surface area (Å²) >= 11 is 0. The molecule has 0 unspecified atom stereocenters. The number of aliphatic hydroxyl groups excluding tert-OH is 4. The van der Waals surface area contributed by atoms with Gasteiger partial charge in [-0.05, 0) is 6.42 Å². The van der Waals surface area contributed by atoms with Crippen molar-refractivity contribution >= 4 is 5.91 Å². The molecule has 0 aromatic rings. The molecule has 1 rings (SSSR count). The van der Waals surface area contributed by atoms with Gasteiger partial charge in [0.05, 0.1) is 6.61 Å². The summed E-state index contributed by atoms with van der Waals surface area (Å²) < 4.78 is 5.14. The van der Waals surface area contributed by atoms with Crippen molar-refractivity contribution in [3.63, 3.8) is 0 Å². The third kappa shape index (κ3) is 3.63. The summed E-state index contributed by atoms with van der Waals surface area (Å²) in [5.74, 6) is -0.304. The summed E-state index contributed by atoms with van der Waals surface area (Å²) in [6.07, 6.45) is -4.55. The van der Waals surface area contributed by atoms with E-state index in [-0.39, 0.29) is 5.91 Å². The lowest BCUT2D eigenvalue weighted by molar-refractivity contribution is -0.236. The van der Waals surface area contributed by atoms with E-state index in [1.54, 1.807) is 0 Å². The highest BCUT2D eigenvalue weighted by Crippen LogP contribution is 2.19. The SMILES string of the molecule is CCCCC(=O)N[C@@H]1O[C@H](CO)[C@H](O)[C@H](O)[C@H]1O. The molecule has 1 heterocycles. The number of unbranched alkanes of at least 4 members (excludes halogenated alkanes) is 1. The van der Waals surface area contributed by atoms with Crippen LogP contribution in [0.1, 0.15) is 26.2 Å². The van der Waals surface area contributed by atoms with E-state index >= 15 is 0 Å². The van der Waals surface area contributed by atoms with Crippen molar-refractivity contribution in [2.24, 2.45) is 0 Å². The fourth-order valence-electron chi connectivity index (χ4n) is 1.79. The molecule has 0 bridgehead atoms. The first-order valence-corrected chi connectivity index (χ1v) is 6.11. The van der Waals surface area contributed by atoms with Crippen molar-refractivity contribution in [3.8, 4) is 0 Å². The Morgan fingerprint density at radius 2 is 1.89 bits per heavy atom. The Balaban J connectivity index is 2.56. The van der Waals surface area contributed by atoms with Gasteiger partial charge in [-0.1, -0.05) is 13.3 Å². The van der Waals surface area contributed by atoms with Gasteiger partial charge >= 0.3 is 0 Å². The molecule has 7 heteroatoms. The van der Waals surface area contributed by atoms with E-state index in [9.17, 15) is 20.1 Å². The van der Waals surface area contributed by atoms with E-state index in [4.69, 9.17) is 9.84 Å². The summed E-state index contributed by atoms with van der Waals surface area (Å²) in [7, 11) is 0. The van der Waals surface area contributed by atoms with Crippen molar-refractivity contribution in [2.75, 3.05) is 6.61 Å². The van der Waals surface area contributed by atoms with Gasteiger partial charge in [0, 0.05) is 6.42 Å². The number of nitrogens with one attached hydrogen (secondary N) is 1. The topological polar surface area (TPSA) is 119 Å². The number of amides is 1. The predicted molar refractivity (Wildman–Crippen MR) is 61.4 cm³/mol. The highest BCUT2D eigenvalue weighted by Gasteiger charge is 2.43. The lowest BCUT2D eigenvalue weighted by Gasteiger charge is -2.40. The standard InChI is InChI=1S/C11H21NO6/c1-2-3-4-7(14)12-11-10(17)9(16)8(15)6(5-13)18-11/h6,8-11,13,15-17H,2-5H2,1H3,(H,12,14)/t6-,8+,9+,10-,11-/m1/s1. The fraction of sp³-hybridized carbons (Fsp3) is 0.909. The van der Waals surface area contributed by atoms with Crippen LogP contribution in [-0.4, -0.2) is 63.6 Å². The van der Waals surface area contributed by atoms with Gasteiger partial charge in [-0.25, -0.2) is 0 Å². The quantitative estimate of drug-likeness (QED) is 0.395. The van der Waals surface area contributed by atoms with Gasteiger partial charge in [0.2, 0.25) is 5.91 Å².